The van der Waals surface area contributed by atoms with Crippen molar-refractivity contribution in [3.63, 3.8) is 0 Å². The molecule has 0 saturated heterocycles. The van der Waals surface area contributed by atoms with Gasteiger partial charge in [0.15, 0.2) is 0 Å². The summed E-state index contributed by atoms with van der Waals surface area (Å²) < 4.78 is 2.40. The second-order valence-corrected chi connectivity index (χ2v) is 11.2. The van der Waals surface area contributed by atoms with Gasteiger partial charge in [-0.25, -0.2) is 0 Å². The van der Waals surface area contributed by atoms with E-state index in [0.29, 0.717) is 0 Å². The van der Waals surface area contributed by atoms with Gasteiger partial charge in [-0.15, -0.1) is 0 Å². The van der Waals surface area contributed by atoms with Crippen LogP contribution in [-0.4, -0.2) is 9.55 Å². The molecule has 0 bridgehead atoms. The summed E-state index contributed by atoms with van der Waals surface area (Å²) in [7, 11) is 0. The molecular formula is C41H27N3. The average molecular weight is 562 g/mol. The van der Waals surface area contributed by atoms with E-state index < -0.39 is 0 Å². The first-order valence-electron chi connectivity index (χ1n) is 15.0. The highest BCUT2D eigenvalue weighted by Gasteiger charge is 2.22. The van der Waals surface area contributed by atoms with Crippen molar-refractivity contribution in [1.29, 1.82) is 0 Å². The lowest BCUT2D eigenvalue weighted by Crippen LogP contribution is -2.10. The summed E-state index contributed by atoms with van der Waals surface area (Å²) in [6, 6.07) is 56.5. The lowest BCUT2D eigenvalue weighted by Gasteiger charge is -2.27. The second kappa shape index (κ2) is 9.82. The van der Waals surface area contributed by atoms with E-state index in [1.807, 2.05) is 12.3 Å². The molecule has 3 heteroatoms. The second-order valence-electron chi connectivity index (χ2n) is 11.2. The van der Waals surface area contributed by atoms with Gasteiger partial charge in [0.2, 0.25) is 0 Å². The lowest BCUT2D eigenvalue weighted by atomic mass is 9.99. The van der Waals surface area contributed by atoms with E-state index in [0.717, 1.165) is 39.1 Å². The minimum absolute atomic E-state index is 1.02. The van der Waals surface area contributed by atoms with Crippen LogP contribution in [-0.2, 0) is 0 Å². The summed E-state index contributed by atoms with van der Waals surface area (Å²) in [5, 5.41) is 6.22. The number of hydrogen-bond donors (Lipinski definition) is 0. The normalized spacial score (nSPS) is 11.6. The van der Waals surface area contributed by atoms with Crippen LogP contribution in [0.15, 0.2) is 164 Å². The number of nitrogens with zero attached hydrogens (tertiary/aromatic N) is 3. The van der Waals surface area contributed by atoms with Crippen molar-refractivity contribution in [2.24, 2.45) is 0 Å². The number of anilines is 3. The van der Waals surface area contributed by atoms with Crippen molar-refractivity contribution in [1.82, 2.24) is 9.55 Å². The molecule has 9 aromatic rings. The average Bonchev–Trinajstić information content (AvgIpc) is 3.44. The van der Waals surface area contributed by atoms with Gasteiger partial charge >= 0.3 is 0 Å². The Morgan fingerprint density at radius 2 is 1.18 bits per heavy atom. The van der Waals surface area contributed by atoms with Crippen molar-refractivity contribution in [2.75, 3.05) is 4.90 Å². The fourth-order valence-electron chi connectivity index (χ4n) is 6.85. The molecule has 44 heavy (non-hydrogen) atoms. The Bertz CT molecular complexity index is 2420. The molecule has 0 radical (unpaired) electrons. The van der Waals surface area contributed by atoms with Crippen LogP contribution in [0.4, 0.5) is 17.1 Å². The number of rotatable bonds is 5. The minimum Gasteiger partial charge on any atom is -0.310 e. The third-order valence-corrected chi connectivity index (χ3v) is 8.78. The van der Waals surface area contributed by atoms with Crippen LogP contribution in [0.3, 0.4) is 0 Å². The molecule has 0 aliphatic rings. The third-order valence-electron chi connectivity index (χ3n) is 8.78. The molecule has 206 valence electrons. The zero-order valence-corrected chi connectivity index (χ0v) is 23.9. The van der Waals surface area contributed by atoms with Gasteiger partial charge in [0.25, 0.3) is 0 Å². The number of para-hydroxylation sites is 3. The van der Waals surface area contributed by atoms with Gasteiger partial charge in [0, 0.05) is 50.4 Å². The van der Waals surface area contributed by atoms with Crippen LogP contribution in [0.1, 0.15) is 0 Å². The number of hydrogen-bond acceptors (Lipinski definition) is 2. The topological polar surface area (TPSA) is 21.1 Å². The zero-order chi connectivity index (χ0) is 29.0. The molecule has 0 aliphatic heterocycles. The Balaban J connectivity index is 1.26. The van der Waals surface area contributed by atoms with Crippen molar-refractivity contribution >= 4 is 60.5 Å². The van der Waals surface area contributed by atoms with Crippen LogP contribution in [0.5, 0.6) is 0 Å². The molecule has 2 aromatic heterocycles. The number of aromatic nitrogens is 2. The van der Waals surface area contributed by atoms with Crippen molar-refractivity contribution in [3.8, 4) is 16.8 Å². The van der Waals surface area contributed by atoms with E-state index >= 15 is 0 Å². The lowest BCUT2D eigenvalue weighted by molar-refractivity contribution is 1.18. The van der Waals surface area contributed by atoms with Gasteiger partial charge in [-0.2, -0.15) is 0 Å². The highest BCUT2D eigenvalue weighted by molar-refractivity contribution is 6.26. The van der Waals surface area contributed by atoms with E-state index in [4.69, 9.17) is 4.98 Å². The molecule has 0 amide bonds. The first-order valence-corrected chi connectivity index (χ1v) is 15.0. The summed E-state index contributed by atoms with van der Waals surface area (Å²) in [4.78, 5) is 7.07. The molecule has 0 spiro atoms. The van der Waals surface area contributed by atoms with E-state index in [1.165, 1.54) is 38.3 Å². The van der Waals surface area contributed by atoms with Crippen molar-refractivity contribution < 1.29 is 0 Å². The van der Waals surface area contributed by atoms with Gasteiger partial charge in [-0.3, -0.25) is 4.98 Å². The molecule has 0 saturated carbocycles. The van der Waals surface area contributed by atoms with E-state index in [9.17, 15) is 0 Å². The van der Waals surface area contributed by atoms with Crippen LogP contribution in [0.25, 0.3) is 60.3 Å². The monoisotopic (exact) mass is 561 g/mol. The summed E-state index contributed by atoms with van der Waals surface area (Å²) in [6.07, 6.45) is 1.87. The fraction of sp³-hybridized carbons (Fsp3) is 0. The first-order chi connectivity index (χ1) is 21.8. The maximum atomic E-state index is 4.70. The summed E-state index contributed by atoms with van der Waals surface area (Å²) in [5.41, 5.74) is 10.3. The van der Waals surface area contributed by atoms with Gasteiger partial charge < -0.3 is 9.47 Å². The van der Waals surface area contributed by atoms with Crippen molar-refractivity contribution in [2.45, 2.75) is 0 Å². The van der Waals surface area contributed by atoms with Gasteiger partial charge in [-0.05, 0) is 71.6 Å². The Morgan fingerprint density at radius 1 is 0.477 bits per heavy atom. The fourth-order valence-corrected chi connectivity index (χ4v) is 6.85. The SMILES string of the molecule is c1ccc(N(c2ccc(-c3cccc4cccnc34)cc2)c2ccc3c4c2ccc2cccc(c24)n3-c2ccccc2)cc1. The number of pyridine rings is 1. The van der Waals surface area contributed by atoms with E-state index in [1.54, 1.807) is 0 Å². The van der Waals surface area contributed by atoms with Crippen LogP contribution in [0, 0.1) is 0 Å². The standard InChI is InChI=1S/C41H27N3/c1-3-13-31(14-4-1)43(33-22-19-28(20-23-33)34-17-7-11-30-12-9-27-42-41(30)34)36-25-26-38-40-35(36)24-21-29-10-8-18-37(39(29)40)44(38)32-15-5-2-6-16-32/h1-27H. The molecule has 9 rings (SSSR count). The Morgan fingerprint density at radius 3 is 2.02 bits per heavy atom. The zero-order valence-electron chi connectivity index (χ0n) is 23.9. The predicted molar refractivity (Wildman–Crippen MR) is 185 cm³/mol. The first kappa shape index (κ1) is 24.6. The molecule has 0 aliphatic carbocycles. The Kier molecular flexibility index (Phi) is 5.50. The molecule has 2 heterocycles. The van der Waals surface area contributed by atoms with Gasteiger partial charge in [-0.1, -0.05) is 97.1 Å². The van der Waals surface area contributed by atoms with Crippen LogP contribution >= 0.6 is 0 Å². The smallest absolute Gasteiger partial charge is 0.0780 e. The maximum absolute atomic E-state index is 4.70. The Hall–Kier alpha value is -5.93. The summed E-state index contributed by atoms with van der Waals surface area (Å²) in [5.74, 6) is 0. The highest BCUT2D eigenvalue weighted by atomic mass is 15.1. The highest BCUT2D eigenvalue weighted by Crippen LogP contribution is 2.46. The van der Waals surface area contributed by atoms with Gasteiger partial charge in [0.1, 0.15) is 0 Å². The molecule has 3 nitrogen and oxygen atoms in total. The molecule has 0 atom stereocenters. The van der Waals surface area contributed by atoms with Crippen LogP contribution in [0.2, 0.25) is 0 Å². The van der Waals surface area contributed by atoms with Crippen molar-refractivity contribution in [3.05, 3.63) is 164 Å². The van der Waals surface area contributed by atoms with E-state index in [2.05, 4.69) is 161 Å². The summed E-state index contributed by atoms with van der Waals surface area (Å²) >= 11 is 0. The summed E-state index contributed by atoms with van der Waals surface area (Å²) in [6.45, 7) is 0. The number of benzene rings is 7. The largest absolute Gasteiger partial charge is 0.310 e. The molecule has 0 N–H and O–H groups in total. The molecular weight excluding hydrogens is 534 g/mol. The minimum atomic E-state index is 1.02. The quantitative estimate of drug-likeness (QED) is 0.195. The number of fused-ring (bicyclic) bond motifs is 1. The predicted octanol–water partition coefficient (Wildman–Crippen LogP) is 11.1. The molecule has 0 unspecified atom stereocenters. The van der Waals surface area contributed by atoms with E-state index in [-0.39, 0.29) is 0 Å². The van der Waals surface area contributed by atoms with Crippen LogP contribution < -0.4 is 4.90 Å². The third kappa shape index (κ3) is 3.73. The Labute approximate surface area is 255 Å². The molecule has 7 aromatic carbocycles. The van der Waals surface area contributed by atoms with Gasteiger partial charge in [0.05, 0.1) is 22.2 Å². The molecule has 0 fully saturated rings. The maximum Gasteiger partial charge on any atom is 0.0780 e.